The van der Waals surface area contributed by atoms with Crippen molar-refractivity contribution in [2.45, 2.75) is 19.9 Å². The molecule has 0 aromatic heterocycles. The third-order valence-corrected chi connectivity index (χ3v) is 3.14. The van der Waals surface area contributed by atoms with Gasteiger partial charge in [0.15, 0.2) is 0 Å². The van der Waals surface area contributed by atoms with Gasteiger partial charge < -0.3 is 20.1 Å². The van der Waals surface area contributed by atoms with E-state index in [0.717, 1.165) is 26.1 Å². The summed E-state index contributed by atoms with van der Waals surface area (Å²) in [5.74, 6) is 0. The van der Waals surface area contributed by atoms with E-state index in [1.54, 1.807) is 14.2 Å². The van der Waals surface area contributed by atoms with Crippen molar-refractivity contribution in [1.29, 1.82) is 0 Å². The average Bonchev–Trinajstić information content (AvgIpc) is 2.42. The van der Waals surface area contributed by atoms with Crippen LogP contribution in [0.3, 0.4) is 0 Å². The van der Waals surface area contributed by atoms with Crippen LogP contribution in [0, 0.1) is 6.92 Å². The SMILES string of the molecule is COCCCN(CCOC)c1cc(C)ccc1CN. The molecular formula is C15H26N2O2. The van der Waals surface area contributed by atoms with E-state index in [9.17, 15) is 0 Å². The molecule has 0 fully saturated rings. The lowest BCUT2D eigenvalue weighted by Gasteiger charge is -2.27. The van der Waals surface area contributed by atoms with Crippen LogP contribution in [-0.2, 0) is 16.0 Å². The number of methoxy groups -OCH3 is 2. The molecule has 0 aliphatic rings. The van der Waals surface area contributed by atoms with E-state index in [0.29, 0.717) is 13.2 Å². The van der Waals surface area contributed by atoms with Gasteiger partial charge in [-0.2, -0.15) is 0 Å². The van der Waals surface area contributed by atoms with Crippen LogP contribution in [0.4, 0.5) is 5.69 Å². The van der Waals surface area contributed by atoms with Crippen molar-refractivity contribution in [2.24, 2.45) is 5.73 Å². The first-order valence-electron chi connectivity index (χ1n) is 6.75. The maximum absolute atomic E-state index is 5.84. The molecule has 4 nitrogen and oxygen atoms in total. The average molecular weight is 266 g/mol. The van der Waals surface area contributed by atoms with Crippen molar-refractivity contribution in [2.75, 3.05) is 45.4 Å². The van der Waals surface area contributed by atoms with E-state index in [1.807, 2.05) is 0 Å². The first-order chi connectivity index (χ1) is 9.22. The van der Waals surface area contributed by atoms with Gasteiger partial charge in [-0.25, -0.2) is 0 Å². The largest absolute Gasteiger partial charge is 0.385 e. The Balaban J connectivity index is 2.84. The zero-order chi connectivity index (χ0) is 14.1. The number of nitrogens with zero attached hydrogens (tertiary/aromatic N) is 1. The minimum Gasteiger partial charge on any atom is -0.385 e. The van der Waals surface area contributed by atoms with Crippen LogP contribution in [0.2, 0.25) is 0 Å². The molecule has 1 aromatic carbocycles. The van der Waals surface area contributed by atoms with Gasteiger partial charge >= 0.3 is 0 Å². The standard InChI is InChI=1S/C15H26N2O2/c1-13-5-6-14(12-16)15(11-13)17(8-10-19-3)7-4-9-18-2/h5-6,11H,4,7-10,12,16H2,1-3H3. The van der Waals surface area contributed by atoms with Crippen LogP contribution in [0.1, 0.15) is 17.5 Å². The molecule has 0 radical (unpaired) electrons. The first kappa shape index (κ1) is 16.0. The third kappa shape index (κ3) is 5.19. The minimum absolute atomic E-state index is 0.559. The van der Waals surface area contributed by atoms with Crippen molar-refractivity contribution in [3.05, 3.63) is 29.3 Å². The fourth-order valence-electron chi connectivity index (χ4n) is 2.09. The lowest BCUT2D eigenvalue weighted by Crippen LogP contribution is -2.30. The molecule has 0 heterocycles. The zero-order valence-corrected chi connectivity index (χ0v) is 12.3. The van der Waals surface area contributed by atoms with Crippen molar-refractivity contribution >= 4 is 5.69 Å². The molecule has 0 aliphatic carbocycles. The van der Waals surface area contributed by atoms with Gasteiger partial charge in [0.25, 0.3) is 0 Å². The van der Waals surface area contributed by atoms with Crippen LogP contribution in [0.15, 0.2) is 18.2 Å². The van der Waals surface area contributed by atoms with Gasteiger partial charge in [-0.3, -0.25) is 0 Å². The number of nitrogens with two attached hydrogens (primary N) is 1. The Morgan fingerprint density at radius 3 is 2.47 bits per heavy atom. The Kier molecular flexibility index (Phi) is 7.48. The maximum Gasteiger partial charge on any atom is 0.0637 e. The molecule has 0 bridgehead atoms. The third-order valence-electron chi connectivity index (χ3n) is 3.14. The van der Waals surface area contributed by atoms with Crippen molar-refractivity contribution < 1.29 is 9.47 Å². The first-order valence-corrected chi connectivity index (χ1v) is 6.75. The van der Waals surface area contributed by atoms with E-state index in [2.05, 4.69) is 30.0 Å². The number of anilines is 1. The number of ether oxygens (including phenoxy) is 2. The second-order valence-corrected chi connectivity index (χ2v) is 4.66. The normalized spacial score (nSPS) is 10.7. The van der Waals surface area contributed by atoms with Crippen molar-refractivity contribution in [3.8, 4) is 0 Å². The summed E-state index contributed by atoms with van der Waals surface area (Å²) in [6.07, 6.45) is 0.998. The highest BCUT2D eigenvalue weighted by Gasteiger charge is 2.10. The minimum atomic E-state index is 0.559. The van der Waals surface area contributed by atoms with Gasteiger partial charge in [0, 0.05) is 46.1 Å². The number of benzene rings is 1. The van der Waals surface area contributed by atoms with Crippen LogP contribution in [0.25, 0.3) is 0 Å². The highest BCUT2D eigenvalue weighted by molar-refractivity contribution is 5.55. The summed E-state index contributed by atoms with van der Waals surface area (Å²) in [7, 11) is 3.46. The molecule has 4 heteroatoms. The second-order valence-electron chi connectivity index (χ2n) is 4.66. The number of hydrogen-bond donors (Lipinski definition) is 1. The van der Waals surface area contributed by atoms with Gasteiger partial charge in [0.05, 0.1) is 6.61 Å². The highest BCUT2D eigenvalue weighted by atomic mass is 16.5. The number of hydrogen-bond acceptors (Lipinski definition) is 4. The van der Waals surface area contributed by atoms with Gasteiger partial charge in [0.2, 0.25) is 0 Å². The predicted octanol–water partition coefficient (Wildman–Crippen LogP) is 1.94. The summed E-state index contributed by atoms with van der Waals surface area (Å²) in [6.45, 7) is 5.97. The fourth-order valence-corrected chi connectivity index (χ4v) is 2.09. The van der Waals surface area contributed by atoms with E-state index >= 15 is 0 Å². The predicted molar refractivity (Wildman–Crippen MR) is 79.7 cm³/mol. The number of rotatable bonds is 9. The fraction of sp³-hybridized carbons (Fsp3) is 0.600. The van der Waals surface area contributed by atoms with E-state index in [4.69, 9.17) is 15.2 Å². The summed E-state index contributed by atoms with van der Waals surface area (Å²) >= 11 is 0. The smallest absolute Gasteiger partial charge is 0.0637 e. The van der Waals surface area contributed by atoms with Crippen molar-refractivity contribution in [3.63, 3.8) is 0 Å². The van der Waals surface area contributed by atoms with E-state index in [-0.39, 0.29) is 0 Å². The molecule has 2 N–H and O–H groups in total. The molecule has 0 saturated heterocycles. The molecule has 0 spiro atoms. The number of aryl methyl sites for hydroxylation is 1. The molecule has 0 saturated carbocycles. The van der Waals surface area contributed by atoms with Crippen LogP contribution < -0.4 is 10.6 Å². The summed E-state index contributed by atoms with van der Waals surface area (Å²) in [5.41, 5.74) is 9.49. The molecule has 108 valence electrons. The Labute approximate surface area is 116 Å². The quantitative estimate of drug-likeness (QED) is 0.694. The molecule has 1 aromatic rings. The lowest BCUT2D eigenvalue weighted by molar-refractivity contribution is 0.191. The van der Waals surface area contributed by atoms with Gasteiger partial charge in [-0.15, -0.1) is 0 Å². The summed E-state index contributed by atoms with van der Waals surface area (Å²) in [5, 5.41) is 0. The van der Waals surface area contributed by atoms with Crippen molar-refractivity contribution in [1.82, 2.24) is 0 Å². The highest BCUT2D eigenvalue weighted by Crippen LogP contribution is 2.22. The van der Waals surface area contributed by atoms with Crippen LogP contribution >= 0.6 is 0 Å². The lowest BCUT2D eigenvalue weighted by atomic mass is 10.1. The molecule has 1 rings (SSSR count). The Morgan fingerprint density at radius 2 is 1.84 bits per heavy atom. The molecular weight excluding hydrogens is 240 g/mol. The maximum atomic E-state index is 5.84. The summed E-state index contributed by atoms with van der Waals surface area (Å²) < 4.78 is 10.3. The molecule has 19 heavy (non-hydrogen) atoms. The monoisotopic (exact) mass is 266 g/mol. The van der Waals surface area contributed by atoms with E-state index in [1.165, 1.54) is 16.8 Å². The van der Waals surface area contributed by atoms with Crippen LogP contribution in [0.5, 0.6) is 0 Å². The zero-order valence-electron chi connectivity index (χ0n) is 12.3. The summed E-state index contributed by atoms with van der Waals surface area (Å²) in [6, 6.07) is 6.42. The van der Waals surface area contributed by atoms with Gasteiger partial charge in [0.1, 0.15) is 0 Å². The Morgan fingerprint density at radius 1 is 1.11 bits per heavy atom. The topological polar surface area (TPSA) is 47.7 Å². The van der Waals surface area contributed by atoms with Gasteiger partial charge in [-0.1, -0.05) is 12.1 Å². The second kappa shape index (κ2) is 8.91. The Bertz CT molecular complexity index is 369. The summed E-state index contributed by atoms with van der Waals surface area (Å²) in [4.78, 5) is 2.33. The van der Waals surface area contributed by atoms with Crippen LogP contribution in [-0.4, -0.2) is 40.5 Å². The Hall–Kier alpha value is -1.10. The van der Waals surface area contributed by atoms with E-state index < -0.39 is 0 Å². The molecule has 0 amide bonds. The molecule has 0 aliphatic heterocycles. The molecule has 0 atom stereocenters. The molecule has 0 unspecified atom stereocenters. The van der Waals surface area contributed by atoms with Gasteiger partial charge in [-0.05, 0) is 30.5 Å².